The van der Waals surface area contributed by atoms with E-state index in [0.717, 1.165) is 33.4 Å². The lowest BCUT2D eigenvalue weighted by atomic mass is 10.2. The molecule has 19 heavy (non-hydrogen) atoms. The molecule has 8 heteroatoms. The Morgan fingerprint density at radius 1 is 1.53 bits per heavy atom. The highest BCUT2D eigenvalue weighted by Crippen LogP contribution is 2.22. The van der Waals surface area contributed by atoms with Crippen molar-refractivity contribution in [3.05, 3.63) is 28.8 Å². The highest BCUT2D eigenvalue weighted by molar-refractivity contribution is 8.07. The van der Waals surface area contributed by atoms with Crippen LogP contribution in [-0.4, -0.2) is 38.2 Å². The van der Waals surface area contributed by atoms with Gasteiger partial charge in [-0.3, -0.25) is 4.99 Å². The second-order valence-corrected chi connectivity index (χ2v) is 7.56. The molecule has 0 atom stereocenters. The fourth-order valence-electron chi connectivity index (χ4n) is 1.10. The maximum atomic E-state index is 11.1. The Hall–Kier alpha value is -0.600. The quantitative estimate of drug-likeness (QED) is 0.496. The summed E-state index contributed by atoms with van der Waals surface area (Å²) in [6, 6.07) is 5.49. The average Bonchev–Trinajstić information content (AvgIpc) is 2.31. The first-order valence-electron chi connectivity index (χ1n) is 5.43. The fourth-order valence-corrected chi connectivity index (χ4v) is 2.30. The first-order valence-corrected chi connectivity index (χ1v) is 8.43. The van der Waals surface area contributed by atoms with E-state index in [9.17, 15) is 8.42 Å². The van der Waals surface area contributed by atoms with Gasteiger partial charge in [0.25, 0.3) is 0 Å². The van der Waals surface area contributed by atoms with Crippen molar-refractivity contribution in [2.75, 3.05) is 19.8 Å². The summed E-state index contributed by atoms with van der Waals surface area (Å²) in [5.41, 5.74) is 1.83. The smallest absolute Gasteiger partial charge is 0.221 e. The maximum absolute atomic E-state index is 11.1. The molecule has 0 aromatic heterocycles. The van der Waals surface area contributed by atoms with Gasteiger partial charge in [0.2, 0.25) is 10.0 Å². The van der Waals surface area contributed by atoms with Crippen LogP contribution in [0.15, 0.2) is 23.2 Å². The topological polar surface area (TPSA) is 61.8 Å². The lowest BCUT2D eigenvalue weighted by Crippen LogP contribution is -2.23. The first-order chi connectivity index (χ1) is 8.80. The van der Waals surface area contributed by atoms with Crippen LogP contribution in [0.1, 0.15) is 5.56 Å². The van der Waals surface area contributed by atoms with Crippen molar-refractivity contribution in [2.24, 2.45) is 4.99 Å². The highest BCUT2D eigenvalue weighted by Gasteiger charge is 2.10. The number of nitrogens with zero attached hydrogens (tertiary/aromatic N) is 2. The van der Waals surface area contributed by atoms with E-state index >= 15 is 0 Å². The Morgan fingerprint density at radius 3 is 2.84 bits per heavy atom. The molecule has 0 heterocycles. The summed E-state index contributed by atoms with van der Waals surface area (Å²) in [6.45, 7) is 2.39. The van der Waals surface area contributed by atoms with E-state index in [1.165, 1.54) is 7.05 Å². The maximum Gasteiger partial charge on any atom is 0.221 e. The van der Waals surface area contributed by atoms with Crippen LogP contribution in [0.25, 0.3) is 0 Å². The molecule has 1 aromatic rings. The van der Waals surface area contributed by atoms with Crippen LogP contribution in [-0.2, 0) is 10.0 Å². The Bertz CT molecular complexity index is 561. The zero-order valence-electron chi connectivity index (χ0n) is 10.9. The lowest BCUT2D eigenvalue weighted by molar-refractivity contribution is 0.570. The van der Waals surface area contributed by atoms with E-state index < -0.39 is 10.0 Å². The number of sulfonamides is 1. The van der Waals surface area contributed by atoms with Crippen molar-refractivity contribution in [3.63, 3.8) is 0 Å². The van der Waals surface area contributed by atoms with Crippen molar-refractivity contribution in [1.82, 2.24) is 8.43 Å². The van der Waals surface area contributed by atoms with Gasteiger partial charge in [0.05, 0.1) is 11.9 Å². The molecule has 0 saturated carbocycles. The van der Waals surface area contributed by atoms with Gasteiger partial charge in [-0.05, 0) is 24.6 Å². The monoisotopic (exact) mass is 321 g/mol. The molecular formula is C11H16ClN3O2S2. The average molecular weight is 322 g/mol. The summed E-state index contributed by atoms with van der Waals surface area (Å²) in [5.74, 6) is 0. The number of aliphatic imine (C=N–C) groups is 1. The van der Waals surface area contributed by atoms with Gasteiger partial charge in [0.1, 0.15) is 0 Å². The zero-order valence-corrected chi connectivity index (χ0v) is 13.3. The Kier molecular flexibility index (Phi) is 6.28. The SMILES string of the molecule is Cc1ccc(Cl)cc1N=CCNSN(C)S(C)(=O)=O. The van der Waals surface area contributed by atoms with E-state index in [2.05, 4.69) is 9.71 Å². The minimum absolute atomic E-state index is 0.441. The van der Waals surface area contributed by atoms with Gasteiger partial charge >= 0.3 is 0 Å². The van der Waals surface area contributed by atoms with Gasteiger partial charge in [-0.25, -0.2) is 13.1 Å². The molecule has 0 radical (unpaired) electrons. The normalized spacial score (nSPS) is 12.5. The number of halogens is 1. The van der Waals surface area contributed by atoms with Crippen LogP contribution in [0.4, 0.5) is 5.69 Å². The minimum atomic E-state index is -3.18. The van der Waals surface area contributed by atoms with Crippen LogP contribution < -0.4 is 4.72 Å². The fraction of sp³-hybridized carbons (Fsp3) is 0.364. The Morgan fingerprint density at radius 2 is 2.21 bits per heavy atom. The van der Waals surface area contributed by atoms with Crippen molar-refractivity contribution >= 4 is 45.7 Å². The molecule has 0 aliphatic rings. The van der Waals surface area contributed by atoms with E-state index in [1.807, 2.05) is 19.1 Å². The van der Waals surface area contributed by atoms with Crippen molar-refractivity contribution in [1.29, 1.82) is 0 Å². The number of benzene rings is 1. The van der Waals surface area contributed by atoms with E-state index in [0.29, 0.717) is 11.6 Å². The van der Waals surface area contributed by atoms with E-state index in [1.54, 1.807) is 12.3 Å². The molecule has 0 amide bonds. The Balaban J connectivity index is 2.45. The summed E-state index contributed by atoms with van der Waals surface area (Å²) >= 11 is 6.89. The van der Waals surface area contributed by atoms with E-state index in [4.69, 9.17) is 11.6 Å². The number of aryl methyl sites for hydroxylation is 1. The molecule has 0 saturated heterocycles. The third kappa shape index (κ3) is 5.92. The number of hydrogen-bond acceptors (Lipinski definition) is 5. The second kappa shape index (κ2) is 7.25. The van der Waals surface area contributed by atoms with Gasteiger partial charge in [0, 0.05) is 37.0 Å². The van der Waals surface area contributed by atoms with Crippen molar-refractivity contribution in [3.8, 4) is 0 Å². The van der Waals surface area contributed by atoms with Crippen LogP contribution in [0.3, 0.4) is 0 Å². The van der Waals surface area contributed by atoms with Gasteiger partial charge in [-0.15, -0.1) is 3.71 Å². The second-order valence-electron chi connectivity index (χ2n) is 3.85. The lowest BCUT2D eigenvalue weighted by Gasteiger charge is -2.11. The van der Waals surface area contributed by atoms with Gasteiger partial charge in [-0.1, -0.05) is 17.7 Å². The molecule has 0 aliphatic carbocycles. The molecule has 0 aliphatic heterocycles. The highest BCUT2D eigenvalue weighted by atomic mass is 35.5. The van der Waals surface area contributed by atoms with Crippen molar-refractivity contribution < 1.29 is 8.42 Å². The molecular weight excluding hydrogens is 306 g/mol. The zero-order chi connectivity index (χ0) is 14.5. The molecule has 106 valence electrons. The Labute approximate surface area is 123 Å². The molecule has 1 rings (SSSR count). The summed E-state index contributed by atoms with van der Waals surface area (Å²) in [6.07, 6.45) is 2.81. The largest absolute Gasteiger partial charge is 0.260 e. The third-order valence-electron chi connectivity index (χ3n) is 2.24. The van der Waals surface area contributed by atoms with Crippen LogP contribution >= 0.6 is 23.7 Å². The molecule has 0 spiro atoms. The van der Waals surface area contributed by atoms with E-state index in [-0.39, 0.29) is 0 Å². The molecule has 0 unspecified atom stereocenters. The number of hydrogen-bond donors (Lipinski definition) is 1. The minimum Gasteiger partial charge on any atom is -0.260 e. The van der Waals surface area contributed by atoms with Gasteiger partial charge in [0.15, 0.2) is 0 Å². The summed E-state index contributed by atoms with van der Waals surface area (Å²) in [5, 5.41) is 0.636. The molecule has 1 N–H and O–H groups in total. The molecule has 0 fully saturated rings. The van der Waals surface area contributed by atoms with Crippen LogP contribution in [0, 0.1) is 6.92 Å². The van der Waals surface area contributed by atoms with Crippen LogP contribution in [0.2, 0.25) is 5.02 Å². The number of nitrogens with one attached hydrogen (secondary N) is 1. The molecule has 5 nitrogen and oxygen atoms in total. The van der Waals surface area contributed by atoms with Crippen molar-refractivity contribution in [2.45, 2.75) is 6.92 Å². The van der Waals surface area contributed by atoms with Gasteiger partial charge < -0.3 is 0 Å². The van der Waals surface area contributed by atoms with Crippen LogP contribution in [0.5, 0.6) is 0 Å². The predicted octanol–water partition coefficient (Wildman–Crippen LogP) is 2.39. The third-order valence-corrected chi connectivity index (χ3v) is 4.99. The predicted molar refractivity (Wildman–Crippen MR) is 82.5 cm³/mol. The summed E-state index contributed by atoms with van der Waals surface area (Å²) in [7, 11) is -1.71. The molecule has 1 aromatic carbocycles. The number of rotatable bonds is 6. The summed E-state index contributed by atoms with van der Waals surface area (Å²) < 4.78 is 26.3. The standard InChI is InChI=1S/C11H16ClN3O2S2/c1-9-4-5-10(12)8-11(9)13-6-7-14-18-15(2)19(3,16)17/h4-6,8,14H,7H2,1-3H3. The summed E-state index contributed by atoms with van der Waals surface area (Å²) in [4.78, 5) is 4.27. The first kappa shape index (κ1) is 16.5. The molecule has 0 bridgehead atoms. The van der Waals surface area contributed by atoms with Gasteiger partial charge in [-0.2, -0.15) is 0 Å².